The molecule has 0 radical (unpaired) electrons. The Morgan fingerprint density at radius 3 is 2.43 bits per heavy atom. The number of sulfone groups is 1. The third-order valence-corrected chi connectivity index (χ3v) is 5.45. The molecule has 28 heavy (non-hydrogen) atoms. The van der Waals surface area contributed by atoms with Crippen molar-refractivity contribution >= 4 is 27.2 Å². The van der Waals surface area contributed by atoms with Crippen molar-refractivity contribution in [2.24, 2.45) is 0 Å². The van der Waals surface area contributed by atoms with Crippen LogP contribution in [-0.4, -0.2) is 36.7 Å². The quantitative estimate of drug-likeness (QED) is 0.701. The van der Waals surface area contributed by atoms with Gasteiger partial charge in [0.15, 0.2) is 15.5 Å². The third kappa shape index (κ3) is 4.16. The highest BCUT2D eigenvalue weighted by Crippen LogP contribution is 2.23. The molecule has 152 valence electrons. The van der Waals surface area contributed by atoms with Crippen molar-refractivity contribution in [2.45, 2.75) is 38.1 Å². The number of hydrogen-bond donors (Lipinski definition) is 2. The summed E-state index contributed by atoms with van der Waals surface area (Å²) in [5.41, 5.74) is 4.37. The van der Waals surface area contributed by atoms with E-state index in [-0.39, 0.29) is 35.1 Å². The number of nitrogens with two attached hydrogens (primary N) is 1. The van der Waals surface area contributed by atoms with E-state index in [1.165, 1.54) is 28.8 Å². The number of hydrogen-bond acceptors (Lipinski definition) is 6. The number of nitrogens with zero attached hydrogens (tertiary/aromatic N) is 2. The summed E-state index contributed by atoms with van der Waals surface area (Å²) in [6.07, 6.45) is 2.46. The van der Waals surface area contributed by atoms with Crippen LogP contribution in [0.25, 0.3) is 0 Å². The molecule has 1 amide bonds. The Morgan fingerprint density at radius 1 is 1.21 bits per heavy atom. The highest BCUT2D eigenvalue weighted by Gasteiger charge is 2.27. The molecule has 0 saturated heterocycles. The number of carbonyl (C=O) groups excluding carboxylic acids is 1. The zero-order valence-electron chi connectivity index (χ0n) is 16.1. The number of H-pyrrole nitrogens is 1. The van der Waals surface area contributed by atoms with Crippen LogP contribution in [0.3, 0.4) is 0 Å². The van der Waals surface area contributed by atoms with E-state index in [2.05, 4.69) is 4.98 Å². The van der Waals surface area contributed by atoms with Gasteiger partial charge in [-0.2, -0.15) is 0 Å². The molecule has 0 spiro atoms. The molecule has 1 aromatic heterocycles. The third-order valence-electron chi connectivity index (χ3n) is 4.30. The summed E-state index contributed by atoms with van der Waals surface area (Å²) in [7, 11) is -3.67. The van der Waals surface area contributed by atoms with E-state index >= 15 is 0 Å². The highest BCUT2D eigenvalue weighted by molar-refractivity contribution is 7.90. The van der Waals surface area contributed by atoms with E-state index in [1.807, 2.05) is 6.92 Å². The average Bonchev–Trinajstić information content (AvgIpc) is 2.63. The molecular formula is C18H24N4O5S. The van der Waals surface area contributed by atoms with Crippen molar-refractivity contribution in [3.8, 4) is 0 Å². The lowest BCUT2D eigenvalue weighted by Gasteiger charge is -2.24. The van der Waals surface area contributed by atoms with Gasteiger partial charge in [0.1, 0.15) is 5.82 Å². The van der Waals surface area contributed by atoms with E-state index in [9.17, 15) is 22.8 Å². The van der Waals surface area contributed by atoms with Gasteiger partial charge in [0.2, 0.25) is 0 Å². The fourth-order valence-corrected chi connectivity index (χ4v) is 3.77. The van der Waals surface area contributed by atoms with Crippen LogP contribution in [0.15, 0.2) is 38.8 Å². The van der Waals surface area contributed by atoms with Crippen LogP contribution in [0.5, 0.6) is 0 Å². The molecule has 2 rings (SSSR count). The van der Waals surface area contributed by atoms with Crippen molar-refractivity contribution in [2.75, 3.05) is 23.4 Å². The molecule has 0 aliphatic heterocycles. The van der Waals surface area contributed by atoms with Crippen LogP contribution in [0.4, 0.5) is 11.5 Å². The zero-order valence-corrected chi connectivity index (χ0v) is 16.9. The molecule has 9 nitrogen and oxygen atoms in total. The summed E-state index contributed by atoms with van der Waals surface area (Å²) >= 11 is 0. The highest BCUT2D eigenvalue weighted by atomic mass is 32.2. The van der Waals surface area contributed by atoms with Gasteiger partial charge in [-0.25, -0.2) is 13.2 Å². The fourth-order valence-electron chi connectivity index (χ4n) is 2.89. The minimum Gasteiger partial charge on any atom is -0.383 e. The topological polar surface area (TPSA) is 135 Å². The first-order chi connectivity index (χ1) is 13.1. The maximum absolute atomic E-state index is 13.1. The molecule has 0 aliphatic carbocycles. The van der Waals surface area contributed by atoms with Crippen molar-refractivity contribution in [3.05, 3.63) is 50.7 Å². The second-order valence-electron chi connectivity index (χ2n) is 6.32. The van der Waals surface area contributed by atoms with Gasteiger partial charge in [0, 0.05) is 19.3 Å². The molecule has 1 heterocycles. The van der Waals surface area contributed by atoms with Gasteiger partial charge in [-0.1, -0.05) is 25.5 Å². The van der Waals surface area contributed by atoms with Crippen molar-refractivity contribution < 1.29 is 13.2 Å². The summed E-state index contributed by atoms with van der Waals surface area (Å²) in [6, 6.07) is 5.74. The lowest BCUT2D eigenvalue weighted by atomic mass is 10.2. The van der Waals surface area contributed by atoms with E-state index in [4.69, 9.17) is 5.73 Å². The number of aromatic amines is 1. The minimum absolute atomic E-state index is 0.0518. The first kappa shape index (κ1) is 21.4. The van der Waals surface area contributed by atoms with Crippen LogP contribution >= 0.6 is 0 Å². The number of nitrogens with one attached hydrogen (secondary N) is 1. The van der Waals surface area contributed by atoms with Crippen LogP contribution in [0, 0.1) is 0 Å². The van der Waals surface area contributed by atoms with E-state index in [0.717, 1.165) is 17.6 Å². The zero-order chi connectivity index (χ0) is 21.1. The van der Waals surface area contributed by atoms with Gasteiger partial charge in [0.25, 0.3) is 11.5 Å². The fraction of sp³-hybridized carbons (Fsp3) is 0.389. The number of unbranched alkanes of at least 4 members (excludes halogenated alkanes) is 1. The monoisotopic (exact) mass is 408 g/mol. The first-order valence-corrected chi connectivity index (χ1v) is 10.8. The number of benzene rings is 1. The van der Waals surface area contributed by atoms with Crippen LogP contribution in [-0.2, 0) is 16.4 Å². The summed E-state index contributed by atoms with van der Waals surface area (Å²) in [6.45, 7) is 3.91. The Hall–Kier alpha value is -2.88. The molecule has 0 saturated carbocycles. The summed E-state index contributed by atoms with van der Waals surface area (Å²) in [5, 5.41) is 0. The summed E-state index contributed by atoms with van der Waals surface area (Å²) in [4.78, 5) is 40.8. The van der Waals surface area contributed by atoms with Crippen LogP contribution in [0.2, 0.25) is 0 Å². The van der Waals surface area contributed by atoms with Gasteiger partial charge in [-0.15, -0.1) is 0 Å². The van der Waals surface area contributed by atoms with Crippen LogP contribution in [0.1, 0.15) is 37.0 Å². The number of rotatable bonds is 7. The van der Waals surface area contributed by atoms with Crippen molar-refractivity contribution in [1.82, 2.24) is 9.55 Å². The lowest BCUT2D eigenvalue weighted by Crippen LogP contribution is -2.41. The van der Waals surface area contributed by atoms with E-state index in [0.29, 0.717) is 6.42 Å². The van der Waals surface area contributed by atoms with Crippen molar-refractivity contribution in [3.63, 3.8) is 0 Å². The number of nitrogen functional groups attached to an aromatic ring is 1. The number of aromatic nitrogens is 2. The molecule has 1 aromatic carbocycles. The van der Waals surface area contributed by atoms with E-state index in [1.54, 1.807) is 6.92 Å². The Bertz CT molecular complexity index is 1100. The second kappa shape index (κ2) is 8.42. The number of carbonyl (C=O) groups is 1. The molecule has 2 aromatic rings. The molecule has 3 N–H and O–H groups in total. The largest absolute Gasteiger partial charge is 0.383 e. The van der Waals surface area contributed by atoms with Gasteiger partial charge in [-0.3, -0.25) is 19.1 Å². The maximum Gasteiger partial charge on any atom is 0.330 e. The Balaban J connectivity index is 2.66. The Labute approximate surface area is 162 Å². The first-order valence-electron chi connectivity index (χ1n) is 8.87. The molecule has 0 fully saturated rings. The maximum atomic E-state index is 13.1. The molecular weight excluding hydrogens is 384 g/mol. The molecule has 0 unspecified atom stereocenters. The van der Waals surface area contributed by atoms with Gasteiger partial charge >= 0.3 is 5.69 Å². The SMILES string of the molecule is CCCCn1c(N)c(N(CC)C(=O)c2ccccc2S(C)(=O)=O)c(=O)[nH]c1=O. The van der Waals surface area contributed by atoms with Gasteiger partial charge < -0.3 is 10.6 Å². The summed E-state index contributed by atoms with van der Waals surface area (Å²) < 4.78 is 25.3. The predicted octanol–water partition coefficient (Wildman–Crippen LogP) is 0.989. The predicted molar refractivity (Wildman–Crippen MR) is 108 cm³/mol. The molecule has 0 aliphatic rings. The van der Waals surface area contributed by atoms with Crippen molar-refractivity contribution in [1.29, 1.82) is 0 Å². The molecule has 0 bridgehead atoms. The Kier molecular flexibility index (Phi) is 6.45. The standard InChI is InChI=1S/C18H24N4O5S/c1-4-6-11-22-15(19)14(16(23)20-18(22)25)21(5-2)17(24)12-9-7-8-10-13(12)28(3,26)27/h7-10H,4-6,11,19H2,1-3H3,(H,20,23,25). The van der Waals surface area contributed by atoms with Gasteiger partial charge in [-0.05, 0) is 25.5 Å². The lowest BCUT2D eigenvalue weighted by molar-refractivity contribution is 0.0984. The van der Waals surface area contributed by atoms with Crippen LogP contribution < -0.4 is 21.9 Å². The minimum atomic E-state index is -3.67. The second-order valence-corrected chi connectivity index (χ2v) is 8.30. The molecule has 0 atom stereocenters. The number of amides is 1. The Morgan fingerprint density at radius 2 is 1.86 bits per heavy atom. The van der Waals surface area contributed by atoms with Gasteiger partial charge in [0.05, 0.1) is 10.5 Å². The number of anilines is 2. The normalized spacial score (nSPS) is 11.4. The summed E-state index contributed by atoms with van der Waals surface area (Å²) in [5.74, 6) is -0.823. The molecule has 10 heteroatoms. The van der Waals surface area contributed by atoms with E-state index < -0.39 is 27.0 Å². The smallest absolute Gasteiger partial charge is 0.330 e. The average molecular weight is 408 g/mol.